The van der Waals surface area contributed by atoms with Crippen molar-refractivity contribution in [1.82, 2.24) is 0 Å². The van der Waals surface area contributed by atoms with Crippen molar-refractivity contribution in [3.05, 3.63) is 11.6 Å². The molecule has 0 amide bonds. The van der Waals surface area contributed by atoms with E-state index in [1.54, 1.807) is 6.92 Å². The van der Waals surface area contributed by atoms with Crippen LogP contribution in [0.5, 0.6) is 0 Å². The van der Waals surface area contributed by atoms with Gasteiger partial charge < -0.3 is 14.9 Å². The van der Waals surface area contributed by atoms with Gasteiger partial charge in [0, 0.05) is 24.7 Å². The van der Waals surface area contributed by atoms with Crippen LogP contribution in [0.1, 0.15) is 53.9 Å². The van der Waals surface area contributed by atoms with Crippen LogP contribution in [-0.2, 0) is 9.53 Å². The van der Waals surface area contributed by atoms with E-state index in [4.69, 9.17) is 4.74 Å². The summed E-state index contributed by atoms with van der Waals surface area (Å²) in [6, 6.07) is 0. The molecule has 0 saturated heterocycles. The number of fused-ring (bicyclic) bond motifs is 1. The van der Waals surface area contributed by atoms with Gasteiger partial charge in [0.2, 0.25) is 0 Å². The average molecular weight is 296 g/mol. The standard InChI is InChI=1S/C17H28O4/c1-10(2)12-6-7-16(4)13(8-12)17(5,20)15(9-14(16)19)21-11(3)18/h6,10,13-15,19-20H,7-9H2,1-5H3. The molecule has 4 heteroatoms. The monoisotopic (exact) mass is 296 g/mol. The first-order valence-corrected chi connectivity index (χ1v) is 7.85. The third-order valence-electron chi connectivity index (χ3n) is 5.65. The molecule has 1 saturated carbocycles. The maximum Gasteiger partial charge on any atom is 0.303 e. The van der Waals surface area contributed by atoms with Gasteiger partial charge in [-0.1, -0.05) is 32.4 Å². The lowest BCUT2D eigenvalue weighted by atomic mass is 9.53. The van der Waals surface area contributed by atoms with E-state index in [2.05, 4.69) is 19.9 Å². The Bertz CT molecular complexity index is 452. The van der Waals surface area contributed by atoms with Gasteiger partial charge in [-0.3, -0.25) is 4.79 Å². The summed E-state index contributed by atoms with van der Waals surface area (Å²) < 4.78 is 5.30. The van der Waals surface area contributed by atoms with Crippen LogP contribution in [-0.4, -0.2) is 34.0 Å². The van der Waals surface area contributed by atoms with Crippen molar-refractivity contribution in [3.8, 4) is 0 Å². The smallest absolute Gasteiger partial charge is 0.303 e. The minimum Gasteiger partial charge on any atom is -0.459 e. The Labute approximate surface area is 127 Å². The van der Waals surface area contributed by atoms with E-state index in [1.807, 2.05) is 6.92 Å². The average Bonchev–Trinajstić information content (AvgIpc) is 2.35. The van der Waals surface area contributed by atoms with E-state index < -0.39 is 23.8 Å². The highest BCUT2D eigenvalue weighted by molar-refractivity contribution is 5.66. The van der Waals surface area contributed by atoms with Gasteiger partial charge in [0.25, 0.3) is 0 Å². The van der Waals surface area contributed by atoms with Gasteiger partial charge in [0.05, 0.1) is 6.10 Å². The van der Waals surface area contributed by atoms with Gasteiger partial charge in [0.1, 0.15) is 11.7 Å². The van der Waals surface area contributed by atoms with Gasteiger partial charge in [0.15, 0.2) is 0 Å². The Morgan fingerprint density at radius 1 is 1.43 bits per heavy atom. The Kier molecular flexibility index (Phi) is 4.24. The quantitative estimate of drug-likeness (QED) is 0.607. The number of rotatable bonds is 2. The van der Waals surface area contributed by atoms with Crippen LogP contribution < -0.4 is 0 Å². The summed E-state index contributed by atoms with van der Waals surface area (Å²) in [6.07, 6.45) is 2.80. The molecule has 2 aliphatic rings. The first kappa shape index (κ1) is 16.5. The van der Waals surface area contributed by atoms with Crippen LogP contribution in [0.4, 0.5) is 0 Å². The van der Waals surface area contributed by atoms with E-state index in [0.717, 1.165) is 12.8 Å². The Balaban J connectivity index is 2.36. The second kappa shape index (κ2) is 5.40. The number of carbonyl (C=O) groups excluding carboxylic acids is 1. The molecular weight excluding hydrogens is 268 g/mol. The van der Waals surface area contributed by atoms with Crippen LogP contribution in [0.3, 0.4) is 0 Å². The number of aliphatic hydroxyl groups is 2. The van der Waals surface area contributed by atoms with Crippen molar-refractivity contribution in [1.29, 1.82) is 0 Å². The van der Waals surface area contributed by atoms with Gasteiger partial charge in [-0.25, -0.2) is 0 Å². The highest BCUT2D eigenvalue weighted by Crippen LogP contribution is 2.55. The molecule has 2 aliphatic carbocycles. The largest absolute Gasteiger partial charge is 0.459 e. The molecule has 2 N–H and O–H groups in total. The first-order chi connectivity index (χ1) is 9.59. The number of hydrogen-bond acceptors (Lipinski definition) is 4. The third kappa shape index (κ3) is 2.76. The number of carbonyl (C=O) groups is 1. The lowest BCUT2D eigenvalue weighted by Crippen LogP contribution is -2.63. The number of ether oxygens (including phenoxy) is 1. The Morgan fingerprint density at radius 2 is 2.05 bits per heavy atom. The number of allylic oxidation sites excluding steroid dienone is 2. The van der Waals surface area contributed by atoms with Gasteiger partial charge in [-0.15, -0.1) is 0 Å². The molecule has 0 bridgehead atoms. The fourth-order valence-electron chi connectivity index (χ4n) is 4.06. The van der Waals surface area contributed by atoms with Crippen molar-refractivity contribution in [2.45, 2.75) is 71.7 Å². The molecule has 0 aromatic heterocycles. The zero-order valence-electron chi connectivity index (χ0n) is 13.7. The van der Waals surface area contributed by atoms with E-state index in [0.29, 0.717) is 12.3 Å². The molecule has 0 radical (unpaired) electrons. The zero-order chi connectivity index (χ0) is 16.0. The molecule has 0 aromatic rings. The van der Waals surface area contributed by atoms with E-state index in [-0.39, 0.29) is 11.3 Å². The third-order valence-corrected chi connectivity index (χ3v) is 5.65. The first-order valence-electron chi connectivity index (χ1n) is 7.85. The molecule has 0 aromatic carbocycles. The van der Waals surface area contributed by atoms with E-state index in [9.17, 15) is 15.0 Å². The molecule has 120 valence electrons. The molecular formula is C17H28O4. The second-order valence-electron chi connectivity index (χ2n) is 7.48. The molecule has 0 heterocycles. The maximum atomic E-state index is 11.3. The number of esters is 1. The predicted molar refractivity (Wildman–Crippen MR) is 80.6 cm³/mol. The van der Waals surface area contributed by atoms with Crippen LogP contribution in [0.15, 0.2) is 11.6 Å². The molecule has 5 unspecified atom stereocenters. The molecule has 0 spiro atoms. The highest BCUT2D eigenvalue weighted by atomic mass is 16.6. The van der Waals surface area contributed by atoms with Gasteiger partial charge >= 0.3 is 5.97 Å². The molecule has 2 rings (SSSR count). The summed E-state index contributed by atoms with van der Waals surface area (Å²) in [5.74, 6) is -0.0939. The second-order valence-corrected chi connectivity index (χ2v) is 7.48. The predicted octanol–water partition coefficient (Wildman–Crippen LogP) is 2.43. The Morgan fingerprint density at radius 3 is 2.57 bits per heavy atom. The van der Waals surface area contributed by atoms with Crippen molar-refractivity contribution >= 4 is 5.97 Å². The Hall–Kier alpha value is -0.870. The van der Waals surface area contributed by atoms with Crippen LogP contribution in [0.2, 0.25) is 0 Å². The van der Waals surface area contributed by atoms with Crippen LogP contribution in [0.25, 0.3) is 0 Å². The SMILES string of the molecule is CC(=O)OC1CC(O)C2(C)CC=C(C(C)C)CC2C1(C)O. The topological polar surface area (TPSA) is 66.8 Å². The highest BCUT2D eigenvalue weighted by Gasteiger charge is 2.59. The van der Waals surface area contributed by atoms with Crippen LogP contribution >= 0.6 is 0 Å². The fraction of sp³-hybridized carbons (Fsp3) is 0.824. The summed E-state index contributed by atoms with van der Waals surface area (Å²) in [5, 5.41) is 21.6. The van der Waals surface area contributed by atoms with Crippen LogP contribution in [0, 0.1) is 17.3 Å². The molecule has 0 aliphatic heterocycles. The summed E-state index contributed by atoms with van der Waals surface area (Å²) >= 11 is 0. The fourth-order valence-corrected chi connectivity index (χ4v) is 4.06. The lowest BCUT2D eigenvalue weighted by Gasteiger charge is -2.56. The van der Waals surface area contributed by atoms with E-state index in [1.165, 1.54) is 12.5 Å². The summed E-state index contributed by atoms with van der Waals surface area (Å²) in [6.45, 7) is 9.42. The lowest BCUT2D eigenvalue weighted by molar-refractivity contribution is -0.221. The zero-order valence-corrected chi connectivity index (χ0v) is 13.7. The molecule has 1 fully saturated rings. The van der Waals surface area contributed by atoms with Crippen molar-refractivity contribution in [2.75, 3.05) is 0 Å². The molecule has 5 atom stereocenters. The summed E-state index contributed by atoms with van der Waals surface area (Å²) in [7, 11) is 0. The van der Waals surface area contributed by atoms with Gasteiger partial charge in [-0.2, -0.15) is 0 Å². The van der Waals surface area contributed by atoms with Crippen molar-refractivity contribution in [3.63, 3.8) is 0 Å². The van der Waals surface area contributed by atoms with Gasteiger partial charge in [-0.05, 0) is 25.7 Å². The van der Waals surface area contributed by atoms with Crippen molar-refractivity contribution in [2.24, 2.45) is 17.3 Å². The minimum absolute atomic E-state index is 0.111. The normalized spacial score (nSPS) is 43.2. The molecule has 4 nitrogen and oxygen atoms in total. The summed E-state index contributed by atoms with van der Waals surface area (Å²) in [5.41, 5.74) is -0.166. The minimum atomic E-state index is -1.12. The van der Waals surface area contributed by atoms with Crippen molar-refractivity contribution < 1.29 is 19.7 Å². The number of aliphatic hydroxyl groups excluding tert-OH is 1. The number of hydrogen-bond donors (Lipinski definition) is 2. The van der Waals surface area contributed by atoms with E-state index >= 15 is 0 Å². The summed E-state index contributed by atoms with van der Waals surface area (Å²) in [4.78, 5) is 11.3. The molecule has 21 heavy (non-hydrogen) atoms. The maximum absolute atomic E-state index is 11.3.